The molecule has 0 N–H and O–H groups in total. The number of aromatic nitrogens is 1. The van der Waals surface area contributed by atoms with Gasteiger partial charge in [0, 0.05) is 36.0 Å². The highest BCUT2D eigenvalue weighted by molar-refractivity contribution is 7.09. The Morgan fingerprint density at radius 2 is 2.18 bits per heavy atom. The van der Waals surface area contributed by atoms with E-state index < -0.39 is 5.92 Å². The van der Waals surface area contributed by atoms with Crippen LogP contribution in [0.1, 0.15) is 42.3 Å². The van der Waals surface area contributed by atoms with E-state index in [1.54, 1.807) is 0 Å². The summed E-state index contributed by atoms with van der Waals surface area (Å²) in [5.74, 6) is -0.728. The first-order chi connectivity index (χ1) is 10.6. The summed E-state index contributed by atoms with van der Waals surface area (Å²) in [6.07, 6.45) is 3.56. The van der Waals surface area contributed by atoms with Crippen molar-refractivity contribution in [3.8, 4) is 6.07 Å². The molecule has 1 aliphatic heterocycles. The molecule has 1 aliphatic carbocycles. The van der Waals surface area contributed by atoms with Gasteiger partial charge in [-0.15, -0.1) is 11.3 Å². The van der Waals surface area contributed by atoms with E-state index in [2.05, 4.69) is 11.1 Å². The van der Waals surface area contributed by atoms with Crippen LogP contribution in [0.15, 0.2) is 5.38 Å². The molecule has 2 aliphatic rings. The molecule has 2 atom stereocenters. The molecule has 0 aromatic carbocycles. The first kappa shape index (κ1) is 15.2. The molecule has 5 nitrogen and oxygen atoms in total. The maximum Gasteiger partial charge on any atom is 0.225 e. The number of nitrogens with zero attached hydrogens (tertiary/aromatic N) is 3. The van der Waals surface area contributed by atoms with Gasteiger partial charge in [-0.1, -0.05) is 0 Å². The van der Waals surface area contributed by atoms with Gasteiger partial charge in [0.1, 0.15) is 5.01 Å². The van der Waals surface area contributed by atoms with Crippen molar-refractivity contribution < 1.29 is 9.59 Å². The fourth-order valence-corrected chi connectivity index (χ4v) is 3.82. The number of Topliss-reactive ketones (excluding diaryl/α,β-unsaturated/α-hetero) is 1. The van der Waals surface area contributed by atoms with Gasteiger partial charge in [-0.2, -0.15) is 5.26 Å². The lowest BCUT2D eigenvalue weighted by molar-refractivity contribution is -0.136. The highest BCUT2D eigenvalue weighted by Gasteiger charge is 2.38. The summed E-state index contributed by atoms with van der Waals surface area (Å²) in [5.41, 5.74) is 0.835. The van der Waals surface area contributed by atoms with Gasteiger partial charge in [0.05, 0.1) is 6.07 Å². The molecule has 0 bridgehead atoms. The molecule has 1 saturated carbocycles. The second-order valence-corrected chi connectivity index (χ2v) is 7.08. The van der Waals surface area contributed by atoms with E-state index in [1.807, 2.05) is 17.2 Å². The quantitative estimate of drug-likeness (QED) is 0.854. The van der Waals surface area contributed by atoms with Crippen molar-refractivity contribution in [2.45, 2.75) is 38.5 Å². The topological polar surface area (TPSA) is 74.1 Å². The second kappa shape index (κ2) is 6.17. The van der Waals surface area contributed by atoms with E-state index >= 15 is 0 Å². The Hall–Kier alpha value is -1.74. The summed E-state index contributed by atoms with van der Waals surface area (Å²) in [7, 11) is 0. The fourth-order valence-electron chi connectivity index (χ4n) is 2.98. The molecule has 1 aromatic rings. The van der Waals surface area contributed by atoms with E-state index in [9.17, 15) is 14.9 Å². The lowest BCUT2D eigenvalue weighted by Crippen LogP contribution is -2.43. The zero-order valence-corrected chi connectivity index (χ0v) is 13.4. The standard InChI is InChI=1S/C16H19N3O2S/c1-10-9-22-15(18-10)13(7-17)14(20)12-3-2-6-19(8-12)16(21)11-4-5-11/h9,11-13H,2-6,8H2,1H3/t12-,13+/m1/s1. The van der Waals surface area contributed by atoms with Gasteiger partial charge < -0.3 is 4.90 Å². The van der Waals surface area contributed by atoms with Crippen molar-refractivity contribution >= 4 is 23.0 Å². The zero-order chi connectivity index (χ0) is 15.7. The molecule has 1 amide bonds. The normalized spacial score (nSPS) is 22.9. The number of carbonyl (C=O) groups is 2. The summed E-state index contributed by atoms with van der Waals surface area (Å²) in [6, 6.07) is 2.10. The molecule has 2 heterocycles. The van der Waals surface area contributed by atoms with Crippen LogP contribution in [-0.2, 0) is 9.59 Å². The molecule has 0 radical (unpaired) electrons. The molecule has 6 heteroatoms. The van der Waals surface area contributed by atoms with Crippen molar-refractivity contribution in [3.63, 3.8) is 0 Å². The largest absolute Gasteiger partial charge is 0.342 e. The molecular formula is C16H19N3O2S. The molecule has 1 aromatic heterocycles. The van der Waals surface area contributed by atoms with Crippen molar-refractivity contribution in [2.24, 2.45) is 11.8 Å². The van der Waals surface area contributed by atoms with E-state index in [0.717, 1.165) is 37.9 Å². The van der Waals surface area contributed by atoms with Gasteiger partial charge in [-0.05, 0) is 32.6 Å². The Labute approximate surface area is 133 Å². The monoisotopic (exact) mass is 317 g/mol. The number of thiazole rings is 1. The average molecular weight is 317 g/mol. The van der Waals surface area contributed by atoms with E-state index in [4.69, 9.17) is 0 Å². The van der Waals surface area contributed by atoms with Gasteiger partial charge >= 0.3 is 0 Å². The maximum atomic E-state index is 12.7. The molecule has 116 valence electrons. The number of hydrogen-bond acceptors (Lipinski definition) is 5. The molecule has 0 spiro atoms. The first-order valence-corrected chi connectivity index (χ1v) is 8.62. The van der Waals surface area contributed by atoms with Gasteiger partial charge in [0.25, 0.3) is 0 Å². The minimum atomic E-state index is -0.792. The molecule has 0 unspecified atom stereocenters. The zero-order valence-electron chi connectivity index (χ0n) is 12.6. The molecule has 1 saturated heterocycles. The highest BCUT2D eigenvalue weighted by Crippen LogP contribution is 2.33. The van der Waals surface area contributed by atoms with E-state index in [0.29, 0.717) is 11.6 Å². The summed E-state index contributed by atoms with van der Waals surface area (Å²) >= 11 is 1.36. The third-order valence-corrected chi connectivity index (χ3v) is 5.39. The van der Waals surface area contributed by atoms with Crippen LogP contribution in [-0.4, -0.2) is 34.7 Å². The number of carbonyl (C=O) groups excluding carboxylic acids is 2. The Morgan fingerprint density at radius 1 is 1.41 bits per heavy atom. The maximum absolute atomic E-state index is 12.7. The van der Waals surface area contributed by atoms with Crippen molar-refractivity contribution in [1.82, 2.24) is 9.88 Å². The van der Waals surface area contributed by atoms with E-state index in [1.165, 1.54) is 11.3 Å². The van der Waals surface area contributed by atoms with Crippen LogP contribution in [0.25, 0.3) is 0 Å². The van der Waals surface area contributed by atoms with Crippen molar-refractivity contribution in [2.75, 3.05) is 13.1 Å². The fraction of sp³-hybridized carbons (Fsp3) is 0.625. The van der Waals surface area contributed by atoms with Crippen LogP contribution in [0, 0.1) is 30.1 Å². The van der Waals surface area contributed by atoms with Crippen LogP contribution < -0.4 is 0 Å². The summed E-state index contributed by atoms with van der Waals surface area (Å²) in [4.78, 5) is 31.0. The van der Waals surface area contributed by atoms with Gasteiger partial charge in [0.15, 0.2) is 11.7 Å². The number of piperidine rings is 1. The first-order valence-electron chi connectivity index (χ1n) is 7.74. The Balaban J connectivity index is 1.70. The molecular weight excluding hydrogens is 298 g/mol. The van der Waals surface area contributed by atoms with Crippen LogP contribution >= 0.6 is 11.3 Å². The molecule has 2 fully saturated rings. The number of likely N-dealkylation sites (tertiary alicyclic amines) is 1. The minimum Gasteiger partial charge on any atom is -0.342 e. The Kier molecular flexibility index (Phi) is 4.25. The summed E-state index contributed by atoms with van der Waals surface area (Å²) in [6.45, 7) is 3.07. The lowest BCUT2D eigenvalue weighted by Gasteiger charge is -2.32. The van der Waals surface area contributed by atoms with Crippen LogP contribution in [0.4, 0.5) is 0 Å². The predicted octanol–water partition coefficient (Wildman–Crippen LogP) is 2.28. The average Bonchev–Trinajstić information content (AvgIpc) is 3.30. The number of amides is 1. The predicted molar refractivity (Wildman–Crippen MR) is 82.2 cm³/mol. The minimum absolute atomic E-state index is 0.0786. The summed E-state index contributed by atoms with van der Waals surface area (Å²) < 4.78 is 0. The van der Waals surface area contributed by atoms with Crippen LogP contribution in [0.3, 0.4) is 0 Å². The third-order valence-electron chi connectivity index (χ3n) is 4.36. The molecule has 22 heavy (non-hydrogen) atoms. The van der Waals surface area contributed by atoms with Gasteiger partial charge in [-0.25, -0.2) is 4.98 Å². The number of nitriles is 1. The van der Waals surface area contributed by atoms with Gasteiger partial charge in [0.2, 0.25) is 5.91 Å². The number of aryl methyl sites for hydroxylation is 1. The second-order valence-electron chi connectivity index (χ2n) is 6.19. The smallest absolute Gasteiger partial charge is 0.225 e. The summed E-state index contributed by atoms with van der Waals surface area (Å²) in [5, 5.41) is 11.8. The van der Waals surface area contributed by atoms with Crippen molar-refractivity contribution in [3.05, 3.63) is 16.1 Å². The van der Waals surface area contributed by atoms with Crippen molar-refractivity contribution in [1.29, 1.82) is 5.26 Å². The molecule has 3 rings (SSSR count). The van der Waals surface area contributed by atoms with Crippen LogP contribution in [0.2, 0.25) is 0 Å². The Bertz CT molecular complexity index is 630. The SMILES string of the molecule is Cc1csc([C@@H](C#N)C(=O)[C@@H]2CCCN(C(=O)C3CC3)C2)n1. The lowest BCUT2D eigenvalue weighted by atomic mass is 9.87. The number of rotatable bonds is 4. The van der Waals surface area contributed by atoms with Gasteiger partial charge in [-0.3, -0.25) is 9.59 Å². The number of ketones is 1. The highest BCUT2D eigenvalue weighted by atomic mass is 32.1. The number of hydrogen-bond donors (Lipinski definition) is 0. The Morgan fingerprint density at radius 3 is 2.77 bits per heavy atom. The van der Waals surface area contributed by atoms with Crippen LogP contribution in [0.5, 0.6) is 0 Å². The third kappa shape index (κ3) is 3.05. The van der Waals surface area contributed by atoms with E-state index in [-0.39, 0.29) is 23.5 Å².